The van der Waals surface area contributed by atoms with Crippen molar-refractivity contribution < 1.29 is 23.5 Å². The van der Waals surface area contributed by atoms with Gasteiger partial charge in [-0.1, -0.05) is 17.9 Å². The lowest BCUT2D eigenvalue weighted by Gasteiger charge is -2.21. The summed E-state index contributed by atoms with van der Waals surface area (Å²) in [6.07, 6.45) is 3.15. The van der Waals surface area contributed by atoms with Gasteiger partial charge in [0, 0.05) is 36.5 Å². The maximum atomic E-state index is 13.8. The molecule has 188 valence electrons. The number of fused-ring (bicyclic) bond motifs is 1. The van der Waals surface area contributed by atoms with E-state index in [2.05, 4.69) is 27.1 Å². The lowest BCUT2D eigenvalue weighted by Crippen LogP contribution is -2.46. The van der Waals surface area contributed by atoms with Gasteiger partial charge >= 0.3 is 6.03 Å². The number of aromatic nitrogens is 1. The number of urea groups is 1. The molecule has 1 aromatic heterocycles. The minimum absolute atomic E-state index is 0.0501. The first-order valence-corrected chi connectivity index (χ1v) is 11.2. The second-order valence-corrected chi connectivity index (χ2v) is 8.85. The molecule has 3 amide bonds. The van der Waals surface area contributed by atoms with Crippen molar-refractivity contribution in [3.05, 3.63) is 70.7 Å². The van der Waals surface area contributed by atoms with E-state index in [0.717, 1.165) is 24.0 Å². The van der Waals surface area contributed by atoms with Crippen LogP contribution in [-0.2, 0) is 17.6 Å². The van der Waals surface area contributed by atoms with Crippen molar-refractivity contribution in [1.29, 1.82) is 0 Å². The summed E-state index contributed by atoms with van der Waals surface area (Å²) >= 11 is 0. The van der Waals surface area contributed by atoms with Gasteiger partial charge in [0.15, 0.2) is 0 Å². The first kappa shape index (κ1) is 26.5. The maximum Gasteiger partial charge on any atom is 0.341 e. The molecule has 0 bridgehead atoms. The number of aliphatic hydroxyl groups is 1. The van der Waals surface area contributed by atoms with Crippen molar-refractivity contribution >= 4 is 23.8 Å². The number of aliphatic imine (C=N–C) groups is 1. The number of anilines is 1. The number of carbonyl (C=O) groups is 2. The van der Waals surface area contributed by atoms with E-state index in [1.807, 2.05) is 12.1 Å². The highest BCUT2D eigenvalue weighted by molar-refractivity contribution is 6.01. The standard InChI is InChI=1S/C26H27F2N5O3/c1-26(2,36)11-10-16-4-5-18-6-8-20(24(34)33(3)21(18)13-16)31-25(35)30-15-17(14-29)12-19-7-9-22(27)32-23(19)28/h4-5,7,9,13-15,20,36H,6,8,12,29H2,1-3H3,(H,31,35)/t20-/m0/s1. The number of amides is 3. The Morgan fingerprint density at radius 1 is 1.36 bits per heavy atom. The highest BCUT2D eigenvalue weighted by Crippen LogP contribution is 2.27. The number of benzene rings is 1. The average molecular weight is 496 g/mol. The van der Waals surface area contributed by atoms with Crippen molar-refractivity contribution in [1.82, 2.24) is 10.3 Å². The number of hydrogen-bond donors (Lipinski definition) is 3. The van der Waals surface area contributed by atoms with E-state index in [0.29, 0.717) is 29.7 Å². The molecule has 0 saturated heterocycles. The maximum absolute atomic E-state index is 13.8. The zero-order chi connectivity index (χ0) is 26.5. The predicted molar refractivity (Wildman–Crippen MR) is 132 cm³/mol. The normalized spacial score (nSPS) is 16.3. The van der Waals surface area contributed by atoms with E-state index in [4.69, 9.17) is 5.73 Å². The van der Waals surface area contributed by atoms with E-state index in [1.54, 1.807) is 27.0 Å². The topological polar surface area (TPSA) is 121 Å². The van der Waals surface area contributed by atoms with Gasteiger partial charge in [0.1, 0.15) is 11.6 Å². The van der Waals surface area contributed by atoms with Crippen LogP contribution in [0.1, 0.15) is 37.0 Å². The van der Waals surface area contributed by atoms with Crippen LogP contribution in [0.5, 0.6) is 0 Å². The molecule has 4 N–H and O–H groups in total. The van der Waals surface area contributed by atoms with Gasteiger partial charge in [0.25, 0.3) is 0 Å². The largest absolute Gasteiger partial charge is 0.404 e. The summed E-state index contributed by atoms with van der Waals surface area (Å²) in [5.41, 5.74) is 7.04. The highest BCUT2D eigenvalue weighted by atomic mass is 19.1. The fraction of sp³-hybridized carbons (Fsp3) is 0.308. The van der Waals surface area contributed by atoms with Crippen LogP contribution < -0.4 is 16.0 Å². The van der Waals surface area contributed by atoms with Crippen molar-refractivity contribution in [3.8, 4) is 11.8 Å². The molecule has 36 heavy (non-hydrogen) atoms. The van der Waals surface area contributed by atoms with Crippen LogP contribution >= 0.6 is 0 Å². The lowest BCUT2D eigenvalue weighted by molar-refractivity contribution is -0.120. The summed E-state index contributed by atoms with van der Waals surface area (Å²) in [4.78, 5) is 33.8. The molecule has 8 nitrogen and oxygen atoms in total. The van der Waals surface area contributed by atoms with E-state index in [1.165, 1.54) is 11.0 Å². The smallest absolute Gasteiger partial charge is 0.341 e. The molecule has 0 fully saturated rings. The number of rotatable bonds is 4. The first-order chi connectivity index (χ1) is 17.0. The Morgan fingerprint density at radius 2 is 2.11 bits per heavy atom. The van der Waals surface area contributed by atoms with Crippen molar-refractivity contribution in [2.45, 2.75) is 44.8 Å². The molecule has 2 heterocycles. The fourth-order valence-electron chi connectivity index (χ4n) is 3.57. The second-order valence-electron chi connectivity index (χ2n) is 8.85. The van der Waals surface area contributed by atoms with Gasteiger partial charge in [-0.15, -0.1) is 0 Å². The summed E-state index contributed by atoms with van der Waals surface area (Å²) in [5, 5.41) is 12.4. The van der Waals surface area contributed by atoms with Crippen LogP contribution in [0.4, 0.5) is 19.3 Å². The number of likely N-dealkylation sites (N-methyl/N-ethyl adjacent to an activating group) is 1. The van der Waals surface area contributed by atoms with Crippen LogP contribution in [-0.4, -0.2) is 46.9 Å². The Morgan fingerprint density at radius 3 is 2.78 bits per heavy atom. The summed E-state index contributed by atoms with van der Waals surface area (Å²) < 4.78 is 26.8. The number of allylic oxidation sites excluding steroid dienone is 1. The quantitative estimate of drug-likeness (QED) is 0.342. The van der Waals surface area contributed by atoms with E-state index >= 15 is 0 Å². The van der Waals surface area contributed by atoms with Gasteiger partial charge in [-0.05, 0) is 68.3 Å². The van der Waals surface area contributed by atoms with Crippen LogP contribution in [0.15, 0.2) is 47.1 Å². The highest BCUT2D eigenvalue weighted by Gasteiger charge is 2.29. The third-order valence-electron chi connectivity index (χ3n) is 5.44. The number of nitrogens with one attached hydrogen (secondary N) is 1. The number of nitrogens with two attached hydrogens (primary N) is 1. The number of carbonyl (C=O) groups excluding carboxylic acids is 2. The Labute approximate surface area is 207 Å². The first-order valence-electron chi connectivity index (χ1n) is 11.2. The van der Waals surface area contributed by atoms with Gasteiger partial charge < -0.3 is 21.1 Å². The zero-order valence-corrected chi connectivity index (χ0v) is 20.2. The van der Waals surface area contributed by atoms with Gasteiger partial charge in [-0.2, -0.15) is 13.8 Å². The van der Waals surface area contributed by atoms with Crippen molar-refractivity contribution in [2.75, 3.05) is 11.9 Å². The molecule has 3 rings (SSSR count). The Balaban J connectivity index is 1.68. The molecule has 2 aromatic rings. The Hall–Kier alpha value is -4.10. The van der Waals surface area contributed by atoms with Crippen LogP contribution in [0.25, 0.3) is 0 Å². The molecule has 1 aromatic carbocycles. The molecule has 1 aliphatic rings. The monoisotopic (exact) mass is 495 g/mol. The van der Waals surface area contributed by atoms with E-state index in [-0.39, 0.29) is 17.9 Å². The van der Waals surface area contributed by atoms with Gasteiger partial charge in [0.05, 0.1) is 0 Å². The number of pyridine rings is 1. The SMILES string of the molecule is CN1C(=O)[C@@H](NC(=O)N=CC(=CN)Cc2ccc(F)nc2F)CCc2ccc(C#CC(C)(C)O)cc21. The molecule has 0 unspecified atom stereocenters. The zero-order valence-electron chi connectivity index (χ0n) is 20.2. The molecule has 0 aliphatic carbocycles. The molecule has 10 heteroatoms. The number of nitrogens with zero attached hydrogens (tertiary/aromatic N) is 3. The summed E-state index contributed by atoms with van der Waals surface area (Å²) in [6.45, 7) is 3.17. The second kappa shape index (κ2) is 11.1. The van der Waals surface area contributed by atoms with Crippen LogP contribution in [0.3, 0.4) is 0 Å². The molecule has 0 spiro atoms. The van der Waals surface area contributed by atoms with Gasteiger partial charge in [-0.3, -0.25) is 4.79 Å². The average Bonchev–Trinajstić information content (AvgIpc) is 2.93. The summed E-state index contributed by atoms with van der Waals surface area (Å²) in [5.74, 6) is 3.40. The Bertz CT molecular complexity index is 1290. The number of hydrogen-bond acceptors (Lipinski definition) is 5. The third kappa shape index (κ3) is 6.96. The molecule has 0 radical (unpaired) electrons. The van der Waals surface area contributed by atoms with E-state index in [9.17, 15) is 23.5 Å². The molecule has 1 atom stereocenters. The van der Waals surface area contributed by atoms with Crippen molar-refractivity contribution in [3.63, 3.8) is 0 Å². The third-order valence-corrected chi connectivity index (χ3v) is 5.44. The predicted octanol–water partition coefficient (Wildman–Crippen LogP) is 2.63. The van der Waals surface area contributed by atoms with E-state index < -0.39 is 29.6 Å². The molecule has 1 aliphatic heterocycles. The summed E-state index contributed by atoms with van der Waals surface area (Å²) in [6, 6.07) is 6.14. The summed E-state index contributed by atoms with van der Waals surface area (Å²) in [7, 11) is 1.61. The fourth-order valence-corrected chi connectivity index (χ4v) is 3.57. The lowest BCUT2D eigenvalue weighted by atomic mass is 10.0. The molecular weight excluding hydrogens is 468 g/mol. The molecular formula is C26H27F2N5O3. The molecule has 0 saturated carbocycles. The minimum Gasteiger partial charge on any atom is -0.404 e. The number of aryl methyl sites for hydroxylation is 1. The minimum atomic E-state index is -1.15. The van der Waals surface area contributed by atoms with Gasteiger partial charge in [-0.25, -0.2) is 9.79 Å². The van der Waals surface area contributed by atoms with Crippen LogP contribution in [0, 0.1) is 23.7 Å². The number of halogens is 2. The Kier molecular flexibility index (Phi) is 8.17. The van der Waals surface area contributed by atoms with Crippen LogP contribution in [0.2, 0.25) is 0 Å². The van der Waals surface area contributed by atoms with Crippen molar-refractivity contribution in [2.24, 2.45) is 10.7 Å². The van der Waals surface area contributed by atoms with Gasteiger partial charge in [0.2, 0.25) is 17.8 Å².